The number of hydrogen-bond donors (Lipinski definition) is 0. The largest absolute Gasteiger partial charge is 0.295 e. The Kier molecular flexibility index (Phi) is 4.31. The standard InChI is InChI=1S/C15H21NO4S2/c17-21(18)10-8-14(12-21)16(13-6-7-13)9-11-22(19,20)15-4-2-1-3-5-15/h1-5,13-14H,6-12H2/t14-/m1/s1. The molecule has 1 aliphatic heterocycles. The molecule has 1 aromatic rings. The summed E-state index contributed by atoms with van der Waals surface area (Å²) >= 11 is 0. The number of rotatable bonds is 6. The van der Waals surface area contributed by atoms with Gasteiger partial charge in [-0.3, -0.25) is 4.90 Å². The van der Waals surface area contributed by atoms with Crippen LogP contribution in [0.4, 0.5) is 0 Å². The summed E-state index contributed by atoms with van der Waals surface area (Å²) in [5.74, 6) is 0.450. The van der Waals surface area contributed by atoms with E-state index < -0.39 is 19.7 Å². The van der Waals surface area contributed by atoms with E-state index in [1.54, 1.807) is 30.3 Å². The van der Waals surface area contributed by atoms with Gasteiger partial charge in [0.2, 0.25) is 0 Å². The van der Waals surface area contributed by atoms with E-state index in [1.165, 1.54) is 0 Å². The lowest BCUT2D eigenvalue weighted by molar-refractivity contribution is 0.214. The molecule has 0 N–H and O–H groups in total. The molecule has 2 fully saturated rings. The monoisotopic (exact) mass is 343 g/mol. The SMILES string of the molecule is O=S1(=O)CC[C@@H](N(CCS(=O)(=O)c2ccccc2)C2CC2)C1. The van der Waals surface area contributed by atoms with E-state index in [1.807, 2.05) is 0 Å². The van der Waals surface area contributed by atoms with Crippen molar-refractivity contribution in [2.75, 3.05) is 23.8 Å². The summed E-state index contributed by atoms with van der Waals surface area (Å²) in [5, 5.41) is 0. The first kappa shape index (κ1) is 16.0. The second-order valence-electron chi connectivity index (χ2n) is 6.16. The molecular weight excluding hydrogens is 322 g/mol. The molecule has 0 amide bonds. The third-order valence-electron chi connectivity index (χ3n) is 4.41. The first-order chi connectivity index (χ1) is 10.4. The second-order valence-corrected chi connectivity index (χ2v) is 10.5. The van der Waals surface area contributed by atoms with Gasteiger partial charge in [-0.2, -0.15) is 0 Å². The molecular formula is C15H21NO4S2. The Hall–Kier alpha value is -0.920. The molecule has 1 heterocycles. The average molecular weight is 343 g/mol. The Bertz CT molecular complexity index is 724. The number of benzene rings is 1. The molecule has 3 rings (SSSR count). The predicted molar refractivity (Wildman–Crippen MR) is 85.3 cm³/mol. The molecule has 0 unspecified atom stereocenters. The minimum atomic E-state index is -3.31. The van der Waals surface area contributed by atoms with Crippen LogP contribution in [0.5, 0.6) is 0 Å². The zero-order chi connectivity index (χ0) is 15.8. The highest BCUT2D eigenvalue weighted by atomic mass is 32.2. The van der Waals surface area contributed by atoms with Crippen molar-refractivity contribution in [2.24, 2.45) is 0 Å². The molecule has 1 saturated heterocycles. The molecule has 2 aliphatic rings. The Morgan fingerprint density at radius 2 is 1.73 bits per heavy atom. The maximum absolute atomic E-state index is 12.4. The highest BCUT2D eigenvalue weighted by Gasteiger charge is 2.39. The fraction of sp³-hybridized carbons (Fsp3) is 0.600. The highest BCUT2D eigenvalue weighted by molar-refractivity contribution is 7.91. The summed E-state index contributed by atoms with van der Waals surface area (Å²) in [6.07, 6.45) is 2.72. The third-order valence-corrected chi connectivity index (χ3v) is 7.87. The number of hydrogen-bond acceptors (Lipinski definition) is 5. The van der Waals surface area contributed by atoms with Crippen molar-refractivity contribution in [3.8, 4) is 0 Å². The lowest BCUT2D eigenvalue weighted by Crippen LogP contribution is -2.41. The van der Waals surface area contributed by atoms with Gasteiger partial charge in [-0.25, -0.2) is 16.8 Å². The molecule has 0 radical (unpaired) electrons. The van der Waals surface area contributed by atoms with E-state index in [4.69, 9.17) is 0 Å². The summed E-state index contributed by atoms with van der Waals surface area (Å²) in [7, 11) is -6.25. The highest BCUT2D eigenvalue weighted by Crippen LogP contribution is 2.32. The van der Waals surface area contributed by atoms with E-state index >= 15 is 0 Å². The summed E-state index contributed by atoms with van der Waals surface area (Å²) in [6, 6.07) is 8.80. The Labute approximate surface area is 132 Å². The average Bonchev–Trinajstić information content (AvgIpc) is 3.24. The van der Waals surface area contributed by atoms with E-state index in [9.17, 15) is 16.8 Å². The van der Waals surface area contributed by atoms with Crippen LogP contribution in [0.25, 0.3) is 0 Å². The zero-order valence-electron chi connectivity index (χ0n) is 12.4. The van der Waals surface area contributed by atoms with Crippen LogP contribution in [0, 0.1) is 0 Å². The van der Waals surface area contributed by atoms with Gasteiger partial charge in [0.25, 0.3) is 0 Å². The normalized spacial score (nSPS) is 24.7. The van der Waals surface area contributed by atoms with Crippen molar-refractivity contribution in [1.29, 1.82) is 0 Å². The summed E-state index contributed by atoms with van der Waals surface area (Å²) in [4.78, 5) is 2.45. The van der Waals surface area contributed by atoms with Gasteiger partial charge in [-0.05, 0) is 31.4 Å². The molecule has 0 bridgehead atoms. The van der Waals surface area contributed by atoms with Gasteiger partial charge in [-0.1, -0.05) is 18.2 Å². The molecule has 5 nitrogen and oxygen atoms in total. The van der Waals surface area contributed by atoms with Crippen molar-refractivity contribution in [3.05, 3.63) is 30.3 Å². The summed E-state index contributed by atoms with van der Waals surface area (Å²) in [5.41, 5.74) is 0. The van der Waals surface area contributed by atoms with E-state index in [-0.39, 0.29) is 23.3 Å². The lowest BCUT2D eigenvalue weighted by atomic mass is 10.2. The molecule has 0 spiro atoms. The Morgan fingerprint density at radius 1 is 1.05 bits per heavy atom. The summed E-state index contributed by atoms with van der Waals surface area (Å²) < 4.78 is 48.1. The quantitative estimate of drug-likeness (QED) is 0.774. The Morgan fingerprint density at radius 3 is 2.27 bits per heavy atom. The fourth-order valence-electron chi connectivity index (χ4n) is 3.08. The topological polar surface area (TPSA) is 71.5 Å². The molecule has 122 valence electrons. The van der Waals surface area contributed by atoms with Crippen LogP contribution >= 0.6 is 0 Å². The molecule has 0 aromatic heterocycles. The maximum atomic E-state index is 12.4. The molecule has 1 saturated carbocycles. The summed E-state index contributed by atoms with van der Waals surface area (Å²) in [6.45, 7) is 0.419. The van der Waals surface area contributed by atoms with E-state index in [0.29, 0.717) is 23.9 Å². The van der Waals surface area contributed by atoms with Gasteiger partial charge in [0, 0.05) is 18.6 Å². The van der Waals surface area contributed by atoms with Crippen LogP contribution in [0.15, 0.2) is 35.2 Å². The lowest BCUT2D eigenvalue weighted by Gasteiger charge is -2.27. The van der Waals surface area contributed by atoms with Gasteiger partial charge in [0.15, 0.2) is 19.7 Å². The van der Waals surface area contributed by atoms with Crippen molar-refractivity contribution < 1.29 is 16.8 Å². The van der Waals surface area contributed by atoms with Crippen molar-refractivity contribution >= 4 is 19.7 Å². The van der Waals surface area contributed by atoms with Crippen LogP contribution in [0.2, 0.25) is 0 Å². The zero-order valence-corrected chi connectivity index (χ0v) is 14.0. The van der Waals surface area contributed by atoms with Gasteiger partial charge in [0.1, 0.15) is 0 Å². The van der Waals surface area contributed by atoms with Gasteiger partial charge < -0.3 is 0 Å². The molecule has 22 heavy (non-hydrogen) atoms. The number of sulfone groups is 2. The maximum Gasteiger partial charge on any atom is 0.179 e. The minimum absolute atomic E-state index is 0.0107. The van der Waals surface area contributed by atoms with Crippen LogP contribution in [-0.4, -0.2) is 57.6 Å². The van der Waals surface area contributed by atoms with Crippen molar-refractivity contribution in [1.82, 2.24) is 4.90 Å². The molecule has 7 heteroatoms. The molecule has 1 aliphatic carbocycles. The first-order valence-electron chi connectivity index (χ1n) is 7.61. The number of nitrogens with zero attached hydrogens (tertiary/aromatic N) is 1. The van der Waals surface area contributed by atoms with Crippen LogP contribution in [0.1, 0.15) is 19.3 Å². The third kappa shape index (κ3) is 3.70. The van der Waals surface area contributed by atoms with Crippen LogP contribution in [0.3, 0.4) is 0 Å². The van der Waals surface area contributed by atoms with E-state index in [0.717, 1.165) is 12.8 Å². The Balaban J connectivity index is 1.68. The minimum Gasteiger partial charge on any atom is -0.295 e. The van der Waals surface area contributed by atoms with Gasteiger partial charge in [0.05, 0.1) is 22.2 Å². The molecule has 1 aromatic carbocycles. The van der Waals surface area contributed by atoms with E-state index in [2.05, 4.69) is 4.90 Å². The second kappa shape index (κ2) is 5.94. The van der Waals surface area contributed by atoms with Crippen LogP contribution in [-0.2, 0) is 19.7 Å². The van der Waals surface area contributed by atoms with Gasteiger partial charge in [-0.15, -0.1) is 0 Å². The fourth-order valence-corrected chi connectivity index (χ4v) is 6.08. The van der Waals surface area contributed by atoms with Crippen molar-refractivity contribution in [3.63, 3.8) is 0 Å². The van der Waals surface area contributed by atoms with Crippen molar-refractivity contribution in [2.45, 2.75) is 36.2 Å². The van der Waals surface area contributed by atoms with Crippen LogP contribution < -0.4 is 0 Å². The van der Waals surface area contributed by atoms with Gasteiger partial charge >= 0.3 is 0 Å². The predicted octanol–water partition coefficient (Wildman–Crippen LogP) is 1.11. The first-order valence-corrected chi connectivity index (χ1v) is 11.1. The molecule has 1 atom stereocenters. The smallest absolute Gasteiger partial charge is 0.179 e.